The normalized spacial score (nSPS) is 15.9. The average Bonchev–Trinajstić information content (AvgIpc) is 2.70. The van der Waals surface area contributed by atoms with Gasteiger partial charge in [0, 0.05) is 39.5 Å². The minimum atomic E-state index is -1.88. The van der Waals surface area contributed by atoms with Gasteiger partial charge in [0.25, 0.3) is 0 Å². The van der Waals surface area contributed by atoms with Crippen LogP contribution in [0.15, 0.2) is 24.3 Å². The van der Waals surface area contributed by atoms with Gasteiger partial charge in [0.2, 0.25) is 0 Å². The van der Waals surface area contributed by atoms with Crippen molar-refractivity contribution in [3.8, 4) is 0 Å². The Morgan fingerprint density at radius 1 is 0.533 bits per heavy atom. The Morgan fingerprint density at radius 2 is 0.800 bits per heavy atom. The topological polar surface area (TPSA) is 36.9 Å². The van der Waals surface area contributed by atoms with Crippen LogP contribution in [0, 0.1) is 0 Å². The van der Waals surface area contributed by atoms with E-state index in [9.17, 15) is 0 Å². The van der Waals surface area contributed by atoms with E-state index in [0.29, 0.717) is 11.1 Å². The Bertz CT molecular complexity index is 603. The monoisotopic (exact) mass is 486 g/mol. The maximum atomic E-state index is 6.06. The molecule has 174 valence electrons. The maximum Gasteiger partial charge on any atom is 0.193 e. The summed E-state index contributed by atoms with van der Waals surface area (Å²) in [5.41, 5.74) is 3.62. The summed E-state index contributed by atoms with van der Waals surface area (Å²) in [6.45, 7) is 18.5. The lowest BCUT2D eigenvalue weighted by atomic mass is 10.1. The van der Waals surface area contributed by atoms with Gasteiger partial charge in [0.15, 0.2) is 33.3 Å². The van der Waals surface area contributed by atoms with E-state index >= 15 is 0 Å². The Hall–Kier alpha value is -0.0725. The highest BCUT2D eigenvalue weighted by Gasteiger charge is 2.41. The molecule has 0 aliphatic rings. The van der Waals surface area contributed by atoms with Crippen LogP contribution < -0.4 is 0 Å². The van der Waals surface area contributed by atoms with E-state index in [-0.39, 0.29) is 0 Å². The smallest absolute Gasteiger partial charge is 0.193 e. The fourth-order valence-electron chi connectivity index (χ4n) is 3.93. The van der Waals surface area contributed by atoms with E-state index in [0.717, 1.165) is 12.1 Å². The van der Waals surface area contributed by atoms with Crippen molar-refractivity contribution in [1.82, 2.24) is 0 Å². The third kappa shape index (κ3) is 7.51. The van der Waals surface area contributed by atoms with Crippen molar-refractivity contribution in [2.24, 2.45) is 0 Å². The van der Waals surface area contributed by atoms with Crippen LogP contribution in [0.3, 0.4) is 0 Å². The first-order valence-corrected chi connectivity index (χ1v) is 23.2. The molecule has 0 radical (unpaired) electrons. The fourth-order valence-corrected chi connectivity index (χ4v) is 16.1. The Kier molecular flexibility index (Phi) is 9.97. The molecule has 8 heteroatoms. The quantitative estimate of drug-likeness (QED) is 0.323. The van der Waals surface area contributed by atoms with Crippen LogP contribution >= 0.6 is 0 Å². The zero-order valence-corrected chi connectivity index (χ0v) is 25.5. The molecule has 1 aromatic carbocycles. The van der Waals surface area contributed by atoms with Crippen LogP contribution in [0.25, 0.3) is 0 Å². The molecule has 0 saturated carbocycles. The van der Waals surface area contributed by atoms with Crippen molar-refractivity contribution >= 4 is 33.3 Å². The molecular formula is C22H46O4Si4. The first kappa shape index (κ1) is 28.0. The largest absolute Gasteiger partial charge is 0.420 e. The Labute approximate surface area is 190 Å². The molecule has 2 unspecified atom stereocenters. The van der Waals surface area contributed by atoms with Crippen molar-refractivity contribution in [3.05, 3.63) is 35.4 Å². The molecule has 30 heavy (non-hydrogen) atoms. The van der Waals surface area contributed by atoms with E-state index < -0.39 is 33.3 Å². The molecule has 2 atom stereocenters. The van der Waals surface area contributed by atoms with Gasteiger partial charge in [-0.3, -0.25) is 0 Å². The second-order valence-corrected chi connectivity index (χ2v) is 28.0. The molecule has 0 amide bonds. The summed E-state index contributed by atoms with van der Waals surface area (Å²) < 4.78 is 23.9. The SMILES string of the molecule is CO[Si](C)(C)CC(c1ccc(C(C[Si](C)(C)OC)[Si](C)(C)OC)cc1)[Si](C)(C)OC. The van der Waals surface area contributed by atoms with Gasteiger partial charge in [0.05, 0.1) is 0 Å². The van der Waals surface area contributed by atoms with Gasteiger partial charge >= 0.3 is 0 Å². The highest BCUT2D eigenvalue weighted by atomic mass is 28.4. The molecule has 1 aromatic rings. The Morgan fingerprint density at radius 3 is 1.00 bits per heavy atom. The summed E-state index contributed by atoms with van der Waals surface area (Å²) in [6, 6.07) is 11.5. The summed E-state index contributed by atoms with van der Waals surface area (Å²) in [4.78, 5) is 0. The number of hydrogen-bond donors (Lipinski definition) is 0. The van der Waals surface area contributed by atoms with Gasteiger partial charge in [-0.25, -0.2) is 0 Å². The summed E-state index contributed by atoms with van der Waals surface area (Å²) in [6.07, 6.45) is 0. The van der Waals surface area contributed by atoms with Crippen molar-refractivity contribution in [2.75, 3.05) is 28.4 Å². The molecule has 0 heterocycles. The molecule has 0 fully saturated rings. The van der Waals surface area contributed by atoms with Crippen LogP contribution in [-0.4, -0.2) is 61.7 Å². The standard InChI is InChI=1S/C22H46O4Si4/c1-23-27(5,6)17-21(29(9,10)25-3)19-13-15-20(16-14-19)22(30(11,12)26-4)18-28(7,8)24-2/h13-16,21-22H,17-18H2,1-12H3. The molecular weight excluding hydrogens is 441 g/mol. The predicted octanol–water partition coefficient (Wildman–Crippen LogP) is 6.34. The minimum absolute atomic E-state index is 0.425. The van der Waals surface area contributed by atoms with Gasteiger partial charge in [-0.15, -0.1) is 0 Å². The second kappa shape index (κ2) is 10.7. The maximum absolute atomic E-state index is 6.06. The minimum Gasteiger partial charge on any atom is -0.420 e. The van der Waals surface area contributed by atoms with E-state index in [1.165, 1.54) is 11.1 Å². The lowest BCUT2D eigenvalue weighted by Gasteiger charge is -2.37. The summed E-state index contributed by atoms with van der Waals surface area (Å²) in [7, 11) is 0.244. The number of hydrogen-bond acceptors (Lipinski definition) is 4. The highest BCUT2D eigenvalue weighted by molar-refractivity contribution is 6.78. The molecule has 4 nitrogen and oxygen atoms in total. The molecule has 0 spiro atoms. The molecule has 0 N–H and O–H groups in total. The van der Waals surface area contributed by atoms with Gasteiger partial charge in [-0.2, -0.15) is 0 Å². The van der Waals surface area contributed by atoms with Crippen molar-refractivity contribution in [1.29, 1.82) is 0 Å². The van der Waals surface area contributed by atoms with E-state index in [1.807, 2.05) is 28.4 Å². The van der Waals surface area contributed by atoms with Crippen molar-refractivity contribution < 1.29 is 17.7 Å². The van der Waals surface area contributed by atoms with Crippen LogP contribution in [0.4, 0.5) is 0 Å². The van der Waals surface area contributed by atoms with E-state index in [4.69, 9.17) is 17.7 Å². The molecule has 1 rings (SSSR count). The second-order valence-electron chi connectivity index (χ2n) is 10.7. The van der Waals surface area contributed by atoms with Gasteiger partial charge in [-0.1, -0.05) is 24.3 Å². The van der Waals surface area contributed by atoms with Crippen molar-refractivity contribution in [3.63, 3.8) is 0 Å². The van der Waals surface area contributed by atoms with E-state index in [2.05, 4.69) is 76.6 Å². The number of rotatable bonds is 12. The highest BCUT2D eigenvalue weighted by Crippen LogP contribution is 2.39. The first-order chi connectivity index (χ1) is 13.6. The summed E-state index contributed by atoms with van der Waals surface area (Å²) >= 11 is 0. The molecule has 0 saturated heterocycles. The van der Waals surface area contributed by atoms with Crippen molar-refractivity contribution in [2.45, 2.75) is 75.5 Å². The van der Waals surface area contributed by atoms with Gasteiger partial charge < -0.3 is 17.7 Å². The summed E-state index contributed by atoms with van der Waals surface area (Å²) in [5, 5.41) is 0. The molecule has 0 aliphatic carbocycles. The van der Waals surface area contributed by atoms with Crippen LogP contribution in [0.2, 0.25) is 64.5 Å². The molecule has 0 bridgehead atoms. The summed E-state index contributed by atoms with van der Waals surface area (Å²) in [5.74, 6) is 0. The molecule has 0 aliphatic heterocycles. The lowest BCUT2D eigenvalue weighted by molar-refractivity contribution is 0.381. The zero-order valence-electron chi connectivity index (χ0n) is 21.5. The van der Waals surface area contributed by atoms with Gasteiger partial charge in [0.1, 0.15) is 0 Å². The third-order valence-electron chi connectivity index (χ3n) is 6.97. The van der Waals surface area contributed by atoms with Crippen LogP contribution in [0.1, 0.15) is 22.2 Å². The molecule has 0 aromatic heterocycles. The van der Waals surface area contributed by atoms with Crippen LogP contribution in [0.5, 0.6) is 0 Å². The predicted molar refractivity (Wildman–Crippen MR) is 140 cm³/mol. The van der Waals surface area contributed by atoms with Gasteiger partial charge in [-0.05, 0) is 75.6 Å². The number of benzene rings is 1. The zero-order chi connectivity index (χ0) is 23.4. The Balaban J connectivity index is 3.34. The lowest BCUT2D eigenvalue weighted by Crippen LogP contribution is -2.44. The van der Waals surface area contributed by atoms with Crippen LogP contribution in [-0.2, 0) is 17.7 Å². The first-order valence-electron chi connectivity index (χ1n) is 10.9. The average molecular weight is 487 g/mol. The van der Waals surface area contributed by atoms with E-state index in [1.54, 1.807) is 0 Å². The third-order valence-corrected chi connectivity index (χ3v) is 19.3. The fraction of sp³-hybridized carbons (Fsp3) is 0.727.